The quantitative estimate of drug-likeness (QED) is 0.824. The fourth-order valence-corrected chi connectivity index (χ4v) is 3.74. The lowest BCUT2D eigenvalue weighted by Crippen LogP contribution is -2.24. The average molecular weight is 283 g/mol. The number of fused-ring (bicyclic) bond motifs is 1. The molecule has 102 valence electrons. The van der Waals surface area contributed by atoms with Gasteiger partial charge in [0, 0.05) is 12.0 Å². The second-order valence-electron chi connectivity index (χ2n) is 4.21. The highest BCUT2D eigenvalue weighted by molar-refractivity contribution is 7.91. The normalized spacial score (nSPS) is 18.9. The van der Waals surface area contributed by atoms with Crippen LogP contribution < -0.4 is 0 Å². The SMILES string of the molecule is CON=C1CCS(=O)(=O)c2ccc(C(=O)O)c(C)c21. The number of rotatable bonds is 2. The molecule has 1 aromatic rings. The van der Waals surface area contributed by atoms with E-state index in [9.17, 15) is 13.2 Å². The van der Waals surface area contributed by atoms with Gasteiger partial charge in [-0.1, -0.05) is 5.16 Å². The lowest BCUT2D eigenvalue weighted by molar-refractivity contribution is 0.0696. The van der Waals surface area contributed by atoms with Crippen LogP contribution in [-0.4, -0.2) is 38.1 Å². The number of hydrogen-bond donors (Lipinski definition) is 1. The van der Waals surface area contributed by atoms with Gasteiger partial charge in [-0.25, -0.2) is 13.2 Å². The summed E-state index contributed by atoms with van der Waals surface area (Å²) in [6, 6.07) is 2.63. The van der Waals surface area contributed by atoms with Crippen molar-refractivity contribution in [3.63, 3.8) is 0 Å². The van der Waals surface area contributed by atoms with Crippen molar-refractivity contribution < 1.29 is 23.2 Å². The standard InChI is InChI=1S/C12H13NO5S/c1-7-8(12(14)15)3-4-10-11(7)9(13-18-2)5-6-19(10,16)17/h3-4H,5-6H2,1-2H3,(H,14,15). The minimum Gasteiger partial charge on any atom is -0.478 e. The number of carboxylic acid groups (broad SMARTS) is 1. The summed E-state index contributed by atoms with van der Waals surface area (Å²) in [5.74, 6) is -1.14. The summed E-state index contributed by atoms with van der Waals surface area (Å²) < 4.78 is 24.0. The highest BCUT2D eigenvalue weighted by atomic mass is 32.2. The van der Waals surface area contributed by atoms with Crippen LogP contribution in [0.2, 0.25) is 0 Å². The van der Waals surface area contributed by atoms with Gasteiger partial charge in [-0.3, -0.25) is 0 Å². The van der Waals surface area contributed by atoms with E-state index >= 15 is 0 Å². The first-order chi connectivity index (χ1) is 8.88. The smallest absolute Gasteiger partial charge is 0.335 e. The maximum absolute atomic E-state index is 12.0. The van der Waals surface area contributed by atoms with Crippen LogP contribution in [0.15, 0.2) is 22.2 Å². The topological polar surface area (TPSA) is 93.0 Å². The molecular weight excluding hydrogens is 270 g/mol. The van der Waals surface area contributed by atoms with Gasteiger partial charge in [-0.15, -0.1) is 0 Å². The van der Waals surface area contributed by atoms with E-state index in [0.717, 1.165) is 0 Å². The van der Waals surface area contributed by atoms with Crippen LogP contribution in [0, 0.1) is 6.92 Å². The first-order valence-corrected chi connectivity index (χ1v) is 7.23. The van der Waals surface area contributed by atoms with Crippen LogP contribution in [0.3, 0.4) is 0 Å². The first-order valence-electron chi connectivity index (χ1n) is 5.58. The molecule has 0 amide bonds. The third-order valence-electron chi connectivity index (χ3n) is 3.09. The number of carboxylic acids is 1. The van der Waals surface area contributed by atoms with Gasteiger partial charge in [0.1, 0.15) is 7.11 Å². The summed E-state index contributed by atoms with van der Waals surface area (Å²) in [6.07, 6.45) is 0.215. The van der Waals surface area contributed by atoms with Crippen molar-refractivity contribution >= 4 is 21.5 Å². The molecule has 0 radical (unpaired) electrons. The van der Waals surface area contributed by atoms with Crippen LogP contribution in [0.4, 0.5) is 0 Å². The van der Waals surface area contributed by atoms with Gasteiger partial charge in [0.2, 0.25) is 0 Å². The minimum absolute atomic E-state index is 0.0476. The van der Waals surface area contributed by atoms with E-state index < -0.39 is 15.8 Å². The Morgan fingerprint density at radius 1 is 1.42 bits per heavy atom. The van der Waals surface area contributed by atoms with E-state index in [4.69, 9.17) is 9.94 Å². The molecule has 1 N–H and O–H groups in total. The van der Waals surface area contributed by atoms with E-state index in [-0.39, 0.29) is 22.6 Å². The maximum Gasteiger partial charge on any atom is 0.335 e. The molecule has 0 aromatic heterocycles. The number of carbonyl (C=O) groups is 1. The largest absolute Gasteiger partial charge is 0.478 e. The summed E-state index contributed by atoms with van der Waals surface area (Å²) in [4.78, 5) is 15.9. The predicted octanol–water partition coefficient (Wildman–Crippen LogP) is 1.22. The summed E-state index contributed by atoms with van der Waals surface area (Å²) in [6.45, 7) is 1.58. The fourth-order valence-electron chi connectivity index (χ4n) is 2.20. The average Bonchev–Trinajstić information content (AvgIpc) is 2.33. The van der Waals surface area contributed by atoms with E-state index in [2.05, 4.69) is 5.16 Å². The Labute approximate surface area is 110 Å². The second kappa shape index (κ2) is 4.65. The Bertz CT molecular complexity index is 676. The van der Waals surface area contributed by atoms with Crippen molar-refractivity contribution in [2.75, 3.05) is 12.9 Å². The van der Waals surface area contributed by atoms with Crippen molar-refractivity contribution in [1.82, 2.24) is 0 Å². The van der Waals surface area contributed by atoms with Gasteiger partial charge in [0.25, 0.3) is 0 Å². The molecule has 0 unspecified atom stereocenters. The maximum atomic E-state index is 12.0. The highest BCUT2D eigenvalue weighted by Crippen LogP contribution is 2.30. The summed E-state index contributed by atoms with van der Waals surface area (Å²) in [7, 11) is -2.02. The number of sulfone groups is 1. The molecule has 0 bridgehead atoms. The molecule has 1 aromatic carbocycles. The van der Waals surface area contributed by atoms with Gasteiger partial charge < -0.3 is 9.94 Å². The van der Waals surface area contributed by atoms with Crippen LogP contribution in [0.25, 0.3) is 0 Å². The Hall–Kier alpha value is -1.89. The van der Waals surface area contributed by atoms with Crippen molar-refractivity contribution in [2.24, 2.45) is 5.16 Å². The lowest BCUT2D eigenvalue weighted by atomic mass is 9.97. The Balaban J connectivity index is 2.81. The molecule has 19 heavy (non-hydrogen) atoms. The minimum atomic E-state index is -3.39. The third kappa shape index (κ3) is 2.21. The molecule has 1 heterocycles. The Morgan fingerprint density at radius 2 is 2.11 bits per heavy atom. The number of nitrogens with zero attached hydrogens (tertiary/aromatic N) is 1. The molecule has 2 rings (SSSR count). The van der Waals surface area contributed by atoms with Crippen molar-refractivity contribution in [3.8, 4) is 0 Å². The molecule has 0 aliphatic carbocycles. The molecule has 0 fully saturated rings. The number of benzene rings is 1. The Kier molecular flexibility index (Phi) is 3.32. The van der Waals surface area contributed by atoms with E-state index in [1.54, 1.807) is 6.92 Å². The zero-order valence-corrected chi connectivity index (χ0v) is 11.3. The van der Waals surface area contributed by atoms with Crippen molar-refractivity contribution in [2.45, 2.75) is 18.2 Å². The highest BCUT2D eigenvalue weighted by Gasteiger charge is 2.31. The molecule has 1 aliphatic rings. The van der Waals surface area contributed by atoms with Gasteiger partial charge in [0.05, 0.1) is 21.9 Å². The monoisotopic (exact) mass is 283 g/mol. The molecule has 0 spiro atoms. The molecule has 0 saturated heterocycles. The van der Waals surface area contributed by atoms with E-state index in [1.165, 1.54) is 19.2 Å². The van der Waals surface area contributed by atoms with Crippen molar-refractivity contribution in [3.05, 3.63) is 28.8 Å². The number of oxime groups is 1. The molecule has 0 saturated carbocycles. The summed E-state index contributed by atoms with van der Waals surface area (Å²) >= 11 is 0. The van der Waals surface area contributed by atoms with E-state index in [0.29, 0.717) is 16.8 Å². The second-order valence-corrected chi connectivity index (χ2v) is 6.28. The third-order valence-corrected chi connectivity index (χ3v) is 4.84. The molecule has 0 atom stereocenters. The summed E-state index contributed by atoms with van der Waals surface area (Å²) in [5.41, 5.74) is 1.28. The van der Waals surface area contributed by atoms with Crippen LogP contribution >= 0.6 is 0 Å². The van der Waals surface area contributed by atoms with Gasteiger partial charge in [-0.05, 0) is 24.6 Å². The molecular formula is C12H13NO5S. The van der Waals surface area contributed by atoms with Gasteiger partial charge >= 0.3 is 5.97 Å². The molecule has 6 nitrogen and oxygen atoms in total. The van der Waals surface area contributed by atoms with Crippen molar-refractivity contribution in [1.29, 1.82) is 0 Å². The van der Waals surface area contributed by atoms with Crippen LogP contribution in [-0.2, 0) is 14.7 Å². The summed E-state index contributed by atoms with van der Waals surface area (Å²) in [5, 5.41) is 12.9. The zero-order valence-electron chi connectivity index (χ0n) is 10.5. The van der Waals surface area contributed by atoms with E-state index in [1.807, 2.05) is 0 Å². The molecule has 7 heteroatoms. The predicted molar refractivity (Wildman–Crippen MR) is 68.4 cm³/mol. The molecule has 1 aliphatic heterocycles. The van der Waals surface area contributed by atoms with Crippen LogP contribution in [0.1, 0.15) is 27.9 Å². The number of aromatic carboxylic acids is 1. The first kappa shape index (κ1) is 13.5. The van der Waals surface area contributed by atoms with Gasteiger partial charge in [-0.2, -0.15) is 0 Å². The lowest BCUT2D eigenvalue weighted by Gasteiger charge is -2.20. The van der Waals surface area contributed by atoms with Gasteiger partial charge in [0.15, 0.2) is 9.84 Å². The van der Waals surface area contributed by atoms with Crippen LogP contribution in [0.5, 0.6) is 0 Å². The Morgan fingerprint density at radius 3 is 2.68 bits per heavy atom. The number of hydrogen-bond acceptors (Lipinski definition) is 5. The zero-order chi connectivity index (χ0) is 14.2. The fraction of sp³-hybridized carbons (Fsp3) is 0.333.